The molecule has 5 heteroatoms. The highest BCUT2D eigenvalue weighted by molar-refractivity contribution is 5.82. The lowest BCUT2D eigenvalue weighted by atomic mass is 9.98. The van der Waals surface area contributed by atoms with Crippen molar-refractivity contribution in [3.05, 3.63) is 39.7 Å². The second-order valence-corrected chi connectivity index (χ2v) is 6.94. The molecule has 0 radical (unpaired) electrons. The maximum atomic E-state index is 12.5. The molecule has 5 nitrogen and oxygen atoms in total. The molecule has 134 valence electrons. The summed E-state index contributed by atoms with van der Waals surface area (Å²) < 4.78 is 10.6. The van der Waals surface area contributed by atoms with Crippen LogP contribution in [0.5, 0.6) is 5.75 Å². The molecular formula is C20H25NO4. The van der Waals surface area contributed by atoms with E-state index in [4.69, 9.17) is 9.15 Å². The molecule has 0 bridgehead atoms. The third-order valence-electron chi connectivity index (χ3n) is 5.09. The van der Waals surface area contributed by atoms with Gasteiger partial charge in [0.05, 0.1) is 7.11 Å². The maximum Gasteiger partial charge on any atom is 0.339 e. The normalized spacial score (nSPS) is 17.7. The van der Waals surface area contributed by atoms with Crippen molar-refractivity contribution in [2.45, 2.75) is 39.5 Å². The summed E-state index contributed by atoms with van der Waals surface area (Å²) in [7, 11) is 1.58. The third-order valence-corrected chi connectivity index (χ3v) is 5.09. The number of carbonyl (C=O) groups excluding carboxylic acids is 1. The van der Waals surface area contributed by atoms with Crippen LogP contribution in [0.1, 0.15) is 37.3 Å². The second-order valence-electron chi connectivity index (χ2n) is 6.94. The minimum Gasteiger partial charge on any atom is -0.497 e. The minimum absolute atomic E-state index is 0.125. The number of aryl methyl sites for hydroxylation is 1. The Hall–Kier alpha value is -2.30. The van der Waals surface area contributed by atoms with Crippen LogP contribution >= 0.6 is 0 Å². The minimum atomic E-state index is -0.363. The Labute approximate surface area is 147 Å². The molecule has 0 saturated carbocycles. The number of benzene rings is 1. The van der Waals surface area contributed by atoms with Gasteiger partial charge < -0.3 is 14.1 Å². The van der Waals surface area contributed by atoms with Crippen molar-refractivity contribution in [1.29, 1.82) is 0 Å². The number of ether oxygens (including phenoxy) is 1. The van der Waals surface area contributed by atoms with Gasteiger partial charge in [0.2, 0.25) is 5.91 Å². The summed E-state index contributed by atoms with van der Waals surface area (Å²) in [4.78, 5) is 26.8. The van der Waals surface area contributed by atoms with E-state index in [2.05, 4.69) is 6.92 Å². The predicted octanol–water partition coefficient (Wildman–Crippen LogP) is 3.30. The van der Waals surface area contributed by atoms with Crippen molar-refractivity contribution in [2.75, 3.05) is 20.2 Å². The Morgan fingerprint density at radius 3 is 2.92 bits per heavy atom. The molecule has 0 spiro atoms. The number of piperidine rings is 1. The number of nitrogens with zero attached hydrogens (tertiary/aromatic N) is 1. The second kappa shape index (κ2) is 7.30. The topological polar surface area (TPSA) is 59.8 Å². The average molecular weight is 343 g/mol. The Balaban J connectivity index is 1.79. The van der Waals surface area contributed by atoms with Crippen molar-refractivity contribution in [1.82, 2.24) is 4.90 Å². The van der Waals surface area contributed by atoms with Crippen molar-refractivity contribution in [3.63, 3.8) is 0 Å². The van der Waals surface area contributed by atoms with Crippen LogP contribution in [-0.4, -0.2) is 31.0 Å². The summed E-state index contributed by atoms with van der Waals surface area (Å²) in [6.45, 7) is 5.74. The smallest absolute Gasteiger partial charge is 0.339 e. The molecule has 2 aromatic rings. The number of fused-ring (bicyclic) bond motifs is 1. The molecule has 1 saturated heterocycles. The molecule has 1 amide bonds. The van der Waals surface area contributed by atoms with Gasteiger partial charge in [0.1, 0.15) is 11.3 Å². The van der Waals surface area contributed by atoms with Crippen molar-refractivity contribution >= 4 is 16.9 Å². The maximum absolute atomic E-state index is 12.5. The molecule has 1 aromatic carbocycles. The van der Waals surface area contributed by atoms with E-state index in [1.165, 1.54) is 6.42 Å². The zero-order valence-corrected chi connectivity index (χ0v) is 15.1. The highest BCUT2D eigenvalue weighted by atomic mass is 16.5. The summed E-state index contributed by atoms with van der Waals surface area (Å²) >= 11 is 0. The first-order valence-electron chi connectivity index (χ1n) is 8.87. The zero-order chi connectivity index (χ0) is 18.0. The van der Waals surface area contributed by atoms with Crippen molar-refractivity contribution in [3.8, 4) is 5.75 Å². The van der Waals surface area contributed by atoms with Gasteiger partial charge in [-0.15, -0.1) is 0 Å². The standard InChI is InChI=1S/C20H25NO4/c1-13-5-4-10-21(12-13)19(22)9-8-17-14(2)16-7-6-15(24-3)11-18(16)25-20(17)23/h6-7,11,13H,4-5,8-10,12H2,1-3H3. The van der Waals surface area contributed by atoms with Gasteiger partial charge in [0.15, 0.2) is 0 Å². The Kier molecular flexibility index (Phi) is 5.11. The molecule has 1 unspecified atom stereocenters. The lowest BCUT2D eigenvalue weighted by Gasteiger charge is -2.31. The SMILES string of the molecule is COc1ccc2c(C)c(CCC(=O)N3CCCC(C)C3)c(=O)oc2c1. The van der Waals surface area contributed by atoms with Crippen LogP contribution in [0.15, 0.2) is 27.4 Å². The van der Waals surface area contributed by atoms with Crippen LogP contribution in [0, 0.1) is 12.8 Å². The Morgan fingerprint density at radius 1 is 1.40 bits per heavy atom. The van der Waals surface area contributed by atoms with E-state index < -0.39 is 0 Å². The van der Waals surface area contributed by atoms with Gasteiger partial charge in [0, 0.05) is 36.5 Å². The Morgan fingerprint density at radius 2 is 2.20 bits per heavy atom. The summed E-state index contributed by atoms with van der Waals surface area (Å²) in [5.41, 5.74) is 1.63. The molecule has 0 aliphatic carbocycles. The van der Waals surface area contributed by atoms with Gasteiger partial charge in [0.25, 0.3) is 0 Å². The van der Waals surface area contributed by atoms with Gasteiger partial charge in [-0.3, -0.25) is 4.79 Å². The number of hydrogen-bond acceptors (Lipinski definition) is 4. The highest BCUT2D eigenvalue weighted by Gasteiger charge is 2.21. The molecule has 25 heavy (non-hydrogen) atoms. The molecule has 1 aliphatic rings. The monoisotopic (exact) mass is 343 g/mol. The first-order valence-corrected chi connectivity index (χ1v) is 8.87. The van der Waals surface area contributed by atoms with Gasteiger partial charge >= 0.3 is 5.63 Å². The fourth-order valence-corrected chi connectivity index (χ4v) is 3.60. The van der Waals surface area contributed by atoms with E-state index in [0.717, 1.165) is 30.5 Å². The first kappa shape index (κ1) is 17.5. The van der Waals surface area contributed by atoms with Crippen LogP contribution in [0.3, 0.4) is 0 Å². The summed E-state index contributed by atoms with van der Waals surface area (Å²) in [5, 5.41) is 0.884. The highest BCUT2D eigenvalue weighted by Crippen LogP contribution is 2.25. The summed E-state index contributed by atoms with van der Waals surface area (Å²) in [6, 6.07) is 5.46. The van der Waals surface area contributed by atoms with Gasteiger partial charge in [-0.2, -0.15) is 0 Å². The number of methoxy groups -OCH3 is 1. The van der Waals surface area contributed by atoms with E-state index in [1.54, 1.807) is 13.2 Å². The Bertz CT molecular complexity index is 839. The van der Waals surface area contributed by atoms with Gasteiger partial charge in [-0.25, -0.2) is 4.79 Å². The molecule has 1 fully saturated rings. The van der Waals surface area contributed by atoms with Crippen LogP contribution in [-0.2, 0) is 11.2 Å². The van der Waals surface area contributed by atoms with E-state index in [9.17, 15) is 9.59 Å². The van der Waals surface area contributed by atoms with Crippen LogP contribution in [0.25, 0.3) is 11.0 Å². The molecular weight excluding hydrogens is 318 g/mol. The van der Waals surface area contributed by atoms with E-state index in [-0.39, 0.29) is 11.5 Å². The summed E-state index contributed by atoms with van der Waals surface area (Å²) in [6.07, 6.45) is 3.01. The van der Waals surface area contributed by atoms with Crippen LogP contribution in [0.4, 0.5) is 0 Å². The quantitative estimate of drug-likeness (QED) is 0.799. The predicted molar refractivity (Wildman–Crippen MR) is 97.1 cm³/mol. The van der Waals surface area contributed by atoms with Crippen LogP contribution < -0.4 is 10.4 Å². The van der Waals surface area contributed by atoms with E-state index in [1.807, 2.05) is 24.0 Å². The largest absolute Gasteiger partial charge is 0.497 e. The van der Waals surface area contributed by atoms with Crippen molar-refractivity contribution < 1.29 is 13.9 Å². The molecule has 0 N–H and O–H groups in total. The molecule has 3 rings (SSSR count). The van der Waals surface area contributed by atoms with E-state index in [0.29, 0.717) is 35.7 Å². The number of amides is 1. The molecule has 1 aromatic heterocycles. The van der Waals surface area contributed by atoms with E-state index >= 15 is 0 Å². The fraction of sp³-hybridized carbons (Fsp3) is 0.500. The van der Waals surface area contributed by atoms with Crippen molar-refractivity contribution in [2.24, 2.45) is 5.92 Å². The number of carbonyl (C=O) groups is 1. The number of likely N-dealkylation sites (tertiary alicyclic amines) is 1. The average Bonchev–Trinajstić information content (AvgIpc) is 2.60. The lowest BCUT2D eigenvalue weighted by molar-refractivity contribution is -0.132. The lowest BCUT2D eigenvalue weighted by Crippen LogP contribution is -2.39. The third kappa shape index (κ3) is 3.70. The number of hydrogen-bond donors (Lipinski definition) is 0. The van der Waals surface area contributed by atoms with Gasteiger partial charge in [-0.05, 0) is 49.8 Å². The molecule has 1 aliphatic heterocycles. The molecule has 1 atom stereocenters. The zero-order valence-electron chi connectivity index (χ0n) is 15.1. The fourth-order valence-electron chi connectivity index (χ4n) is 3.60. The molecule has 2 heterocycles. The van der Waals surface area contributed by atoms with Gasteiger partial charge in [-0.1, -0.05) is 6.92 Å². The summed E-state index contributed by atoms with van der Waals surface area (Å²) in [5.74, 6) is 1.33. The first-order chi connectivity index (χ1) is 12.0. The van der Waals surface area contributed by atoms with Crippen LogP contribution in [0.2, 0.25) is 0 Å². The number of rotatable bonds is 4.